The number of nitrogens with zero attached hydrogens (tertiary/aromatic N) is 1. The van der Waals surface area contributed by atoms with E-state index in [-0.39, 0.29) is 18.3 Å². The summed E-state index contributed by atoms with van der Waals surface area (Å²) < 4.78 is 6.01. The van der Waals surface area contributed by atoms with Crippen molar-refractivity contribution in [3.8, 4) is 0 Å². The number of carbonyl (C=O) groups is 2. The summed E-state index contributed by atoms with van der Waals surface area (Å²) in [5.74, 6) is -1.29. The molecule has 2 aromatic rings. The van der Waals surface area contributed by atoms with E-state index in [4.69, 9.17) is 4.74 Å². The van der Waals surface area contributed by atoms with Crippen LogP contribution in [0.25, 0.3) is 0 Å². The fourth-order valence-electron chi connectivity index (χ4n) is 3.19. The van der Waals surface area contributed by atoms with Crippen molar-refractivity contribution in [2.75, 3.05) is 20.7 Å². The van der Waals surface area contributed by atoms with Gasteiger partial charge in [0.05, 0.1) is 0 Å². The molecule has 23 heavy (non-hydrogen) atoms. The summed E-state index contributed by atoms with van der Waals surface area (Å²) in [6.45, 7) is -0.0615. The standard InChI is InChI=1S/C19H19NO3/c1-20(2)18(22)17-16(21)13-23-19(17,14-9-5-3-6-10-14)15-11-7-4-8-12-15/h3-12,17H,13H2,1-2H3. The summed E-state index contributed by atoms with van der Waals surface area (Å²) in [4.78, 5) is 26.7. The third-order valence-corrected chi connectivity index (χ3v) is 4.26. The van der Waals surface area contributed by atoms with Gasteiger partial charge in [-0.3, -0.25) is 9.59 Å². The summed E-state index contributed by atoms with van der Waals surface area (Å²) in [6, 6.07) is 19.0. The van der Waals surface area contributed by atoms with Crippen molar-refractivity contribution in [1.82, 2.24) is 4.90 Å². The third-order valence-electron chi connectivity index (χ3n) is 4.26. The van der Waals surface area contributed by atoms with E-state index in [2.05, 4.69) is 0 Å². The molecule has 0 bridgehead atoms. The van der Waals surface area contributed by atoms with Gasteiger partial charge in [-0.2, -0.15) is 0 Å². The predicted molar refractivity (Wildman–Crippen MR) is 86.8 cm³/mol. The molecule has 118 valence electrons. The smallest absolute Gasteiger partial charge is 0.236 e. The Balaban J connectivity index is 2.24. The third kappa shape index (κ3) is 2.45. The van der Waals surface area contributed by atoms with Gasteiger partial charge in [-0.25, -0.2) is 0 Å². The van der Waals surface area contributed by atoms with Crippen molar-refractivity contribution in [1.29, 1.82) is 0 Å². The molecule has 1 aliphatic rings. The minimum absolute atomic E-state index is 0.0615. The summed E-state index contributed by atoms with van der Waals surface area (Å²) in [7, 11) is 3.32. The van der Waals surface area contributed by atoms with Crippen molar-refractivity contribution in [2.45, 2.75) is 5.60 Å². The molecular weight excluding hydrogens is 290 g/mol. The van der Waals surface area contributed by atoms with Crippen molar-refractivity contribution in [3.05, 3.63) is 71.8 Å². The molecule has 1 amide bonds. The highest BCUT2D eigenvalue weighted by molar-refractivity contribution is 6.05. The molecule has 0 spiro atoms. The first kappa shape index (κ1) is 15.4. The van der Waals surface area contributed by atoms with Crippen LogP contribution in [0.15, 0.2) is 60.7 Å². The zero-order chi connectivity index (χ0) is 16.4. The number of amides is 1. The number of carbonyl (C=O) groups excluding carboxylic acids is 2. The summed E-state index contributed by atoms with van der Waals surface area (Å²) in [5, 5.41) is 0. The minimum atomic E-state index is -1.07. The molecule has 4 heteroatoms. The van der Waals surface area contributed by atoms with Crippen LogP contribution < -0.4 is 0 Å². The van der Waals surface area contributed by atoms with E-state index in [1.165, 1.54) is 4.90 Å². The summed E-state index contributed by atoms with van der Waals surface area (Å²) >= 11 is 0. The van der Waals surface area contributed by atoms with Crippen LogP contribution in [0.1, 0.15) is 11.1 Å². The molecule has 1 aliphatic heterocycles. The fourth-order valence-corrected chi connectivity index (χ4v) is 3.19. The molecule has 1 fully saturated rings. The Morgan fingerprint density at radius 3 is 1.91 bits per heavy atom. The Bertz CT molecular complexity index is 670. The Labute approximate surface area is 135 Å². The topological polar surface area (TPSA) is 46.6 Å². The minimum Gasteiger partial charge on any atom is -0.356 e. The van der Waals surface area contributed by atoms with E-state index in [1.807, 2.05) is 60.7 Å². The maximum absolute atomic E-state index is 12.7. The zero-order valence-electron chi connectivity index (χ0n) is 13.2. The van der Waals surface area contributed by atoms with Crippen LogP contribution >= 0.6 is 0 Å². The van der Waals surface area contributed by atoms with Gasteiger partial charge in [0.15, 0.2) is 5.78 Å². The van der Waals surface area contributed by atoms with Gasteiger partial charge in [-0.15, -0.1) is 0 Å². The first-order chi connectivity index (χ1) is 11.1. The van der Waals surface area contributed by atoms with Gasteiger partial charge in [0.2, 0.25) is 5.91 Å². The molecule has 3 rings (SSSR count). The van der Waals surface area contributed by atoms with E-state index in [0.29, 0.717) is 0 Å². The summed E-state index contributed by atoms with van der Waals surface area (Å²) in [6.07, 6.45) is 0. The van der Waals surface area contributed by atoms with Crippen LogP contribution in [0.3, 0.4) is 0 Å². The van der Waals surface area contributed by atoms with Crippen molar-refractivity contribution in [2.24, 2.45) is 5.92 Å². The lowest BCUT2D eigenvalue weighted by Crippen LogP contribution is -2.45. The van der Waals surface area contributed by atoms with Gasteiger partial charge in [0, 0.05) is 14.1 Å². The fraction of sp³-hybridized carbons (Fsp3) is 0.263. The van der Waals surface area contributed by atoms with Gasteiger partial charge in [0.25, 0.3) is 0 Å². The van der Waals surface area contributed by atoms with E-state index in [0.717, 1.165) is 11.1 Å². The molecular formula is C19H19NO3. The van der Waals surface area contributed by atoms with Gasteiger partial charge < -0.3 is 9.64 Å². The number of hydrogen-bond donors (Lipinski definition) is 0. The predicted octanol–water partition coefficient (Wildman–Crippen LogP) is 2.23. The van der Waals surface area contributed by atoms with Crippen LogP contribution in [0, 0.1) is 5.92 Å². The molecule has 1 atom stereocenters. The van der Waals surface area contributed by atoms with E-state index < -0.39 is 11.5 Å². The number of rotatable bonds is 3. The van der Waals surface area contributed by atoms with Crippen LogP contribution in [0.4, 0.5) is 0 Å². The summed E-state index contributed by atoms with van der Waals surface area (Å²) in [5.41, 5.74) is 0.565. The van der Waals surface area contributed by atoms with E-state index in [9.17, 15) is 9.59 Å². The van der Waals surface area contributed by atoms with Crippen molar-refractivity contribution in [3.63, 3.8) is 0 Å². The molecule has 0 N–H and O–H groups in total. The molecule has 0 saturated carbocycles. The number of benzene rings is 2. The Hall–Kier alpha value is -2.46. The lowest BCUT2D eigenvalue weighted by atomic mass is 9.75. The van der Waals surface area contributed by atoms with Crippen molar-refractivity contribution >= 4 is 11.7 Å². The van der Waals surface area contributed by atoms with Crippen LogP contribution in [0.5, 0.6) is 0 Å². The molecule has 0 aromatic heterocycles. The van der Waals surface area contributed by atoms with Gasteiger partial charge in [0.1, 0.15) is 18.1 Å². The number of ether oxygens (including phenoxy) is 1. The molecule has 4 nitrogen and oxygen atoms in total. The maximum atomic E-state index is 12.7. The molecule has 1 saturated heterocycles. The largest absolute Gasteiger partial charge is 0.356 e. The second kappa shape index (κ2) is 5.97. The Kier molecular flexibility index (Phi) is 4.01. The lowest BCUT2D eigenvalue weighted by Gasteiger charge is -2.34. The maximum Gasteiger partial charge on any atom is 0.236 e. The quantitative estimate of drug-likeness (QED) is 0.817. The SMILES string of the molecule is CN(C)C(=O)C1C(=O)COC1(c1ccccc1)c1ccccc1. The lowest BCUT2D eigenvalue weighted by molar-refractivity contribution is -0.141. The van der Waals surface area contributed by atoms with E-state index >= 15 is 0 Å². The number of ketones is 1. The van der Waals surface area contributed by atoms with Crippen LogP contribution in [0.2, 0.25) is 0 Å². The monoisotopic (exact) mass is 309 g/mol. The Morgan fingerprint density at radius 2 is 1.48 bits per heavy atom. The first-order valence-corrected chi connectivity index (χ1v) is 7.56. The highest BCUT2D eigenvalue weighted by Gasteiger charge is 2.56. The molecule has 2 aromatic carbocycles. The van der Waals surface area contributed by atoms with Crippen LogP contribution in [-0.2, 0) is 19.9 Å². The van der Waals surface area contributed by atoms with Crippen molar-refractivity contribution < 1.29 is 14.3 Å². The molecule has 0 radical (unpaired) electrons. The zero-order valence-corrected chi connectivity index (χ0v) is 13.2. The number of hydrogen-bond acceptors (Lipinski definition) is 3. The molecule has 1 heterocycles. The van der Waals surface area contributed by atoms with Gasteiger partial charge >= 0.3 is 0 Å². The van der Waals surface area contributed by atoms with E-state index in [1.54, 1.807) is 14.1 Å². The highest BCUT2D eigenvalue weighted by Crippen LogP contribution is 2.45. The first-order valence-electron chi connectivity index (χ1n) is 7.56. The van der Waals surface area contributed by atoms with Crippen LogP contribution in [-0.4, -0.2) is 37.3 Å². The highest BCUT2D eigenvalue weighted by atomic mass is 16.5. The average Bonchev–Trinajstić information content (AvgIpc) is 2.94. The van der Waals surface area contributed by atoms with Gasteiger partial charge in [-0.1, -0.05) is 60.7 Å². The second-order valence-electron chi connectivity index (χ2n) is 5.89. The molecule has 0 aliphatic carbocycles. The average molecular weight is 309 g/mol. The normalized spacial score (nSPS) is 19.6. The van der Waals surface area contributed by atoms with Gasteiger partial charge in [-0.05, 0) is 11.1 Å². The molecule has 1 unspecified atom stereocenters. The Morgan fingerprint density at radius 1 is 1.00 bits per heavy atom. The number of Topliss-reactive ketones (excluding diaryl/α,β-unsaturated/α-hetero) is 1. The second-order valence-corrected chi connectivity index (χ2v) is 5.89.